The number of carbonyl (C=O) groups excluding carboxylic acids is 1. The van der Waals surface area contributed by atoms with E-state index >= 15 is 0 Å². The number of amides is 1. The molecular weight excluding hydrogens is 300 g/mol. The Morgan fingerprint density at radius 2 is 2.04 bits per heavy atom. The molecule has 1 aromatic carbocycles. The van der Waals surface area contributed by atoms with Crippen molar-refractivity contribution in [3.8, 4) is 5.75 Å². The maximum absolute atomic E-state index is 11.9. The summed E-state index contributed by atoms with van der Waals surface area (Å²) in [6, 6.07) is 7.33. The fraction of sp³-hybridized carbons (Fsp3) is 0.333. The predicted octanol–water partition coefficient (Wildman–Crippen LogP) is 0.620. The number of nitrogens with one attached hydrogen (secondary N) is 1. The molecule has 1 heterocycles. The van der Waals surface area contributed by atoms with Crippen molar-refractivity contribution in [3.05, 3.63) is 41.7 Å². The SMILES string of the molecule is CCOc1ccc(CC(=O)NCc2cn(CC(=O)O)nn2)cc1. The Labute approximate surface area is 133 Å². The zero-order chi connectivity index (χ0) is 16.7. The van der Waals surface area contributed by atoms with E-state index in [0.717, 1.165) is 11.3 Å². The number of nitrogens with zero attached hydrogens (tertiary/aromatic N) is 3. The van der Waals surface area contributed by atoms with Gasteiger partial charge in [-0.25, -0.2) is 4.68 Å². The number of benzene rings is 1. The van der Waals surface area contributed by atoms with Crippen molar-refractivity contribution in [2.24, 2.45) is 0 Å². The Kier molecular flexibility index (Phi) is 5.67. The maximum atomic E-state index is 11.9. The topological polar surface area (TPSA) is 106 Å². The lowest BCUT2D eigenvalue weighted by molar-refractivity contribution is -0.138. The number of carboxylic acids is 1. The van der Waals surface area contributed by atoms with Crippen LogP contribution in [0, 0.1) is 0 Å². The Morgan fingerprint density at radius 3 is 2.70 bits per heavy atom. The van der Waals surface area contributed by atoms with E-state index in [-0.39, 0.29) is 25.4 Å². The molecule has 0 spiro atoms. The van der Waals surface area contributed by atoms with Gasteiger partial charge >= 0.3 is 5.97 Å². The highest BCUT2D eigenvalue weighted by atomic mass is 16.5. The van der Waals surface area contributed by atoms with E-state index in [1.165, 1.54) is 10.9 Å². The van der Waals surface area contributed by atoms with Gasteiger partial charge in [-0.15, -0.1) is 5.10 Å². The van der Waals surface area contributed by atoms with Crippen molar-refractivity contribution in [2.45, 2.75) is 26.4 Å². The van der Waals surface area contributed by atoms with Crippen LogP contribution in [-0.2, 0) is 29.1 Å². The zero-order valence-corrected chi connectivity index (χ0v) is 12.7. The molecule has 1 amide bonds. The molecule has 0 aliphatic carbocycles. The summed E-state index contributed by atoms with van der Waals surface area (Å²) in [5.41, 5.74) is 1.38. The Balaban J connectivity index is 1.80. The van der Waals surface area contributed by atoms with Crippen molar-refractivity contribution in [2.75, 3.05) is 6.61 Å². The fourth-order valence-corrected chi connectivity index (χ4v) is 1.94. The average Bonchev–Trinajstić information content (AvgIpc) is 2.94. The molecule has 23 heavy (non-hydrogen) atoms. The van der Waals surface area contributed by atoms with Crippen LogP contribution < -0.4 is 10.1 Å². The number of rotatable bonds is 8. The summed E-state index contributed by atoms with van der Waals surface area (Å²) >= 11 is 0. The van der Waals surface area contributed by atoms with Crippen LogP contribution in [-0.4, -0.2) is 38.6 Å². The fourth-order valence-electron chi connectivity index (χ4n) is 1.94. The van der Waals surface area contributed by atoms with Crippen LogP contribution in [0.25, 0.3) is 0 Å². The molecule has 0 atom stereocenters. The van der Waals surface area contributed by atoms with E-state index in [2.05, 4.69) is 15.6 Å². The molecule has 0 radical (unpaired) electrons. The van der Waals surface area contributed by atoms with E-state index in [1.54, 1.807) is 0 Å². The second kappa shape index (κ2) is 7.92. The van der Waals surface area contributed by atoms with Gasteiger partial charge in [0.2, 0.25) is 5.91 Å². The van der Waals surface area contributed by atoms with Crippen LogP contribution in [0.15, 0.2) is 30.5 Å². The highest BCUT2D eigenvalue weighted by molar-refractivity contribution is 5.78. The van der Waals surface area contributed by atoms with E-state index in [4.69, 9.17) is 9.84 Å². The Hall–Kier alpha value is -2.90. The van der Waals surface area contributed by atoms with Crippen LogP contribution in [0.2, 0.25) is 0 Å². The molecule has 122 valence electrons. The first kappa shape index (κ1) is 16.5. The number of aliphatic carboxylic acids is 1. The van der Waals surface area contributed by atoms with Crippen molar-refractivity contribution in [1.29, 1.82) is 0 Å². The van der Waals surface area contributed by atoms with Crippen LogP contribution in [0.5, 0.6) is 5.75 Å². The summed E-state index contributed by atoms with van der Waals surface area (Å²) in [7, 11) is 0. The summed E-state index contributed by atoms with van der Waals surface area (Å²) < 4.78 is 6.55. The van der Waals surface area contributed by atoms with Gasteiger partial charge in [0, 0.05) is 0 Å². The van der Waals surface area contributed by atoms with Gasteiger partial charge in [-0.05, 0) is 24.6 Å². The quantitative estimate of drug-likeness (QED) is 0.739. The molecule has 0 unspecified atom stereocenters. The van der Waals surface area contributed by atoms with Gasteiger partial charge in [-0.1, -0.05) is 17.3 Å². The molecule has 2 N–H and O–H groups in total. The molecule has 0 aliphatic rings. The molecule has 0 saturated carbocycles. The molecule has 0 bridgehead atoms. The van der Waals surface area contributed by atoms with Gasteiger partial charge in [-0.2, -0.15) is 0 Å². The third kappa shape index (κ3) is 5.42. The molecule has 8 nitrogen and oxygen atoms in total. The van der Waals surface area contributed by atoms with Gasteiger partial charge in [0.05, 0.1) is 25.8 Å². The Bertz CT molecular complexity index is 666. The average molecular weight is 318 g/mol. The molecule has 1 aromatic heterocycles. The second-order valence-corrected chi connectivity index (χ2v) is 4.83. The van der Waals surface area contributed by atoms with Gasteiger partial charge < -0.3 is 15.2 Å². The molecular formula is C15H18N4O4. The molecule has 0 fully saturated rings. The minimum absolute atomic E-state index is 0.151. The molecule has 2 rings (SSSR count). The van der Waals surface area contributed by atoms with Crippen molar-refractivity contribution in [3.63, 3.8) is 0 Å². The smallest absolute Gasteiger partial charge is 0.325 e. The van der Waals surface area contributed by atoms with Gasteiger partial charge in [0.15, 0.2) is 0 Å². The summed E-state index contributed by atoms with van der Waals surface area (Å²) in [6.45, 7) is 2.46. The van der Waals surface area contributed by atoms with E-state index < -0.39 is 5.97 Å². The van der Waals surface area contributed by atoms with Crippen LogP contribution in [0.3, 0.4) is 0 Å². The number of carboxylic acid groups (broad SMARTS) is 1. The van der Waals surface area contributed by atoms with Crippen LogP contribution in [0.4, 0.5) is 0 Å². The molecule has 0 aliphatic heterocycles. The number of hydrogen-bond acceptors (Lipinski definition) is 5. The van der Waals surface area contributed by atoms with Crippen LogP contribution >= 0.6 is 0 Å². The summed E-state index contributed by atoms with van der Waals surface area (Å²) in [5, 5.41) is 18.8. The number of ether oxygens (including phenoxy) is 1. The summed E-state index contributed by atoms with van der Waals surface area (Å²) in [5.74, 6) is -0.380. The van der Waals surface area contributed by atoms with Crippen molar-refractivity contribution >= 4 is 11.9 Å². The largest absolute Gasteiger partial charge is 0.494 e. The Morgan fingerprint density at radius 1 is 1.30 bits per heavy atom. The minimum atomic E-state index is -0.999. The summed E-state index contributed by atoms with van der Waals surface area (Å²) in [4.78, 5) is 22.4. The van der Waals surface area contributed by atoms with Crippen molar-refractivity contribution in [1.82, 2.24) is 20.3 Å². The van der Waals surface area contributed by atoms with E-state index in [9.17, 15) is 9.59 Å². The van der Waals surface area contributed by atoms with E-state index in [1.807, 2.05) is 31.2 Å². The molecule has 8 heteroatoms. The lowest BCUT2D eigenvalue weighted by atomic mass is 10.1. The highest BCUT2D eigenvalue weighted by Gasteiger charge is 2.07. The molecule has 0 saturated heterocycles. The number of aromatic nitrogens is 3. The summed E-state index contributed by atoms with van der Waals surface area (Å²) in [6.07, 6.45) is 1.74. The monoisotopic (exact) mass is 318 g/mol. The van der Waals surface area contributed by atoms with Gasteiger partial charge in [0.25, 0.3) is 0 Å². The van der Waals surface area contributed by atoms with E-state index in [0.29, 0.717) is 12.3 Å². The highest BCUT2D eigenvalue weighted by Crippen LogP contribution is 2.12. The first-order valence-electron chi connectivity index (χ1n) is 7.16. The zero-order valence-electron chi connectivity index (χ0n) is 12.7. The first-order valence-corrected chi connectivity index (χ1v) is 7.16. The molecule has 2 aromatic rings. The number of hydrogen-bond donors (Lipinski definition) is 2. The third-order valence-electron chi connectivity index (χ3n) is 2.95. The lowest BCUT2D eigenvalue weighted by Gasteiger charge is -2.05. The van der Waals surface area contributed by atoms with Gasteiger partial charge in [-0.3, -0.25) is 9.59 Å². The normalized spacial score (nSPS) is 10.3. The maximum Gasteiger partial charge on any atom is 0.325 e. The first-order chi connectivity index (χ1) is 11.1. The number of carbonyl (C=O) groups is 2. The minimum Gasteiger partial charge on any atom is -0.494 e. The van der Waals surface area contributed by atoms with Crippen LogP contribution in [0.1, 0.15) is 18.2 Å². The van der Waals surface area contributed by atoms with Gasteiger partial charge in [0.1, 0.15) is 18.0 Å². The van der Waals surface area contributed by atoms with Crippen molar-refractivity contribution < 1.29 is 19.4 Å². The standard InChI is InChI=1S/C15H18N4O4/c1-2-23-13-5-3-11(4-6-13)7-14(20)16-8-12-9-19(18-17-12)10-15(21)22/h3-6,9H,2,7-8,10H2,1H3,(H,16,20)(H,21,22). The predicted molar refractivity (Wildman–Crippen MR) is 80.8 cm³/mol. The lowest BCUT2D eigenvalue weighted by Crippen LogP contribution is -2.24. The third-order valence-corrected chi connectivity index (χ3v) is 2.95. The second-order valence-electron chi connectivity index (χ2n) is 4.83.